The van der Waals surface area contributed by atoms with Crippen molar-refractivity contribution in [2.24, 2.45) is 0 Å². The highest BCUT2D eigenvalue weighted by molar-refractivity contribution is 5.75. The molecule has 124 valence electrons. The van der Waals surface area contributed by atoms with Gasteiger partial charge < -0.3 is 5.32 Å². The Hall–Kier alpha value is -1.91. The number of nitrogens with one attached hydrogen (secondary N) is 1. The molecule has 0 unspecified atom stereocenters. The summed E-state index contributed by atoms with van der Waals surface area (Å²) in [6.07, 6.45) is 12.1. The van der Waals surface area contributed by atoms with E-state index in [2.05, 4.69) is 16.5 Å². The summed E-state index contributed by atoms with van der Waals surface area (Å²) < 4.78 is 1.30. The largest absolute Gasteiger partial charge is 0.354 e. The predicted octanol–water partition coefficient (Wildman–Crippen LogP) is 2.13. The molecule has 1 heterocycles. The summed E-state index contributed by atoms with van der Waals surface area (Å²) in [6.45, 7) is 0.662. The van der Waals surface area contributed by atoms with Gasteiger partial charge in [-0.25, -0.2) is 4.68 Å². The number of hydrogen-bond acceptors (Lipinski definition) is 3. The Morgan fingerprint density at radius 2 is 2.00 bits per heavy atom. The molecule has 0 atom stereocenters. The lowest BCUT2D eigenvalue weighted by Gasteiger charge is -2.16. The molecule has 2 aliphatic rings. The third-order valence-corrected chi connectivity index (χ3v) is 4.72. The third kappa shape index (κ3) is 4.30. The summed E-state index contributed by atoms with van der Waals surface area (Å²) in [5.41, 5.74) is 3.31. The third-order valence-electron chi connectivity index (χ3n) is 4.72. The molecular weight excluding hydrogens is 290 g/mol. The van der Waals surface area contributed by atoms with Crippen molar-refractivity contribution in [2.45, 2.75) is 64.3 Å². The Balaban J connectivity index is 1.53. The Kier molecular flexibility index (Phi) is 5.26. The number of carbonyl (C=O) groups is 1. The van der Waals surface area contributed by atoms with Crippen molar-refractivity contribution >= 4 is 5.91 Å². The van der Waals surface area contributed by atoms with E-state index in [1.807, 2.05) is 0 Å². The van der Waals surface area contributed by atoms with Crippen molar-refractivity contribution in [1.29, 1.82) is 0 Å². The van der Waals surface area contributed by atoms with E-state index in [1.165, 1.54) is 23.1 Å². The lowest BCUT2D eigenvalue weighted by Crippen LogP contribution is -2.35. The molecule has 1 aromatic rings. The molecule has 3 rings (SSSR count). The highest BCUT2D eigenvalue weighted by Gasteiger charge is 2.14. The minimum Gasteiger partial charge on any atom is -0.354 e. The van der Waals surface area contributed by atoms with Crippen molar-refractivity contribution in [3.63, 3.8) is 0 Å². The first-order valence-electron chi connectivity index (χ1n) is 8.77. The fourth-order valence-corrected chi connectivity index (χ4v) is 3.40. The maximum absolute atomic E-state index is 12.1. The van der Waals surface area contributed by atoms with E-state index >= 15 is 0 Å². The van der Waals surface area contributed by atoms with E-state index in [1.54, 1.807) is 6.07 Å². The van der Waals surface area contributed by atoms with Gasteiger partial charge in [0.15, 0.2) is 0 Å². The summed E-state index contributed by atoms with van der Waals surface area (Å²) in [6, 6.07) is 1.65. The lowest BCUT2D eigenvalue weighted by molar-refractivity contribution is -0.121. The topological polar surface area (TPSA) is 64.0 Å². The number of nitrogens with zero attached hydrogens (tertiary/aromatic N) is 2. The van der Waals surface area contributed by atoms with E-state index in [9.17, 15) is 9.59 Å². The van der Waals surface area contributed by atoms with Crippen molar-refractivity contribution in [3.8, 4) is 0 Å². The highest BCUT2D eigenvalue weighted by Crippen LogP contribution is 2.19. The molecule has 0 bridgehead atoms. The van der Waals surface area contributed by atoms with Gasteiger partial charge in [-0.15, -0.1) is 0 Å². The molecule has 1 aromatic heterocycles. The minimum atomic E-state index is -0.171. The molecule has 0 saturated heterocycles. The quantitative estimate of drug-likeness (QED) is 0.847. The van der Waals surface area contributed by atoms with Gasteiger partial charge in [-0.3, -0.25) is 9.59 Å². The van der Waals surface area contributed by atoms with Gasteiger partial charge in [0.05, 0.1) is 5.69 Å². The molecular formula is C18H25N3O2. The number of aromatic nitrogens is 2. The van der Waals surface area contributed by atoms with Crippen molar-refractivity contribution < 1.29 is 4.79 Å². The molecule has 0 radical (unpaired) electrons. The van der Waals surface area contributed by atoms with Crippen molar-refractivity contribution in [3.05, 3.63) is 39.3 Å². The summed E-state index contributed by atoms with van der Waals surface area (Å²) in [4.78, 5) is 24.1. The first-order chi connectivity index (χ1) is 11.2. The summed E-state index contributed by atoms with van der Waals surface area (Å²) in [7, 11) is 0. The summed E-state index contributed by atoms with van der Waals surface area (Å²) in [5.74, 6) is -0.133. The second kappa shape index (κ2) is 7.57. The molecule has 0 spiro atoms. The summed E-state index contributed by atoms with van der Waals surface area (Å²) >= 11 is 0. The monoisotopic (exact) mass is 315 g/mol. The van der Waals surface area contributed by atoms with Crippen LogP contribution in [-0.4, -0.2) is 22.2 Å². The Morgan fingerprint density at radius 1 is 1.17 bits per heavy atom. The fraction of sp³-hybridized carbons (Fsp3) is 0.611. The van der Waals surface area contributed by atoms with Crippen LogP contribution in [0.25, 0.3) is 0 Å². The zero-order valence-electron chi connectivity index (χ0n) is 13.6. The van der Waals surface area contributed by atoms with Crippen LogP contribution >= 0.6 is 0 Å². The van der Waals surface area contributed by atoms with Crippen molar-refractivity contribution in [1.82, 2.24) is 15.1 Å². The zero-order valence-corrected chi connectivity index (χ0v) is 13.6. The Labute approximate surface area is 136 Å². The number of carbonyl (C=O) groups excluding carboxylic acids is 1. The van der Waals surface area contributed by atoms with Gasteiger partial charge >= 0.3 is 0 Å². The van der Waals surface area contributed by atoms with E-state index in [0.717, 1.165) is 56.2 Å². The average Bonchev–Trinajstić information content (AvgIpc) is 2.56. The van der Waals surface area contributed by atoms with Gasteiger partial charge in [0.2, 0.25) is 5.91 Å². The first-order valence-corrected chi connectivity index (χ1v) is 8.77. The molecule has 1 N–H and O–H groups in total. The van der Waals surface area contributed by atoms with Crippen LogP contribution in [0.5, 0.6) is 0 Å². The second-order valence-corrected chi connectivity index (χ2v) is 6.53. The van der Waals surface area contributed by atoms with Gasteiger partial charge in [0.25, 0.3) is 5.56 Å². The molecule has 5 heteroatoms. The number of hydrogen-bond donors (Lipinski definition) is 1. The van der Waals surface area contributed by atoms with E-state index < -0.39 is 0 Å². The maximum atomic E-state index is 12.1. The molecule has 0 aliphatic heterocycles. The number of allylic oxidation sites excluding steroid dienone is 1. The molecule has 2 aliphatic carbocycles. The first kappa shape index (κ1) is 16.0. The zero-order chi connectivity index (χ0) is 16.1. The molecule has 0 saturated carbocycles. The van der Waals surface area contributed by atoms with Gasteiger partial charge in [0, 0.05) is 12.6 Å². The number of amides is 1. The molecule has 23 heavy (non-hydrogen) atoms. The van der Waals surface area contributed by atoms with Crippen LogP contribution in [0, 0.1) is 0 Å². The van der Waals surface area contributed by atoms with Crippen LogP contribution in [0.2, 0.25) is 0 Å². The average molecular weight is 315 g/mol. The number of fused-ring (bicyclic) bond motifs is 1. The van der Waals surface area contributed by atoms with Gasteiger partial charge in [-0.2, -0.15) is 5.10 Å². The van der Waals surface area contributed by atoms with Crippen LogP contribution in [0.1, 0.15) is 56.2 Å². The lowest BCUT2D eigenvalue weighted by atomic mass is 9.97. The Bertz CT molecular complexity index is 661. The van der Waals surface area contributed by atoms with Gasteiger partial charge in [0.1, 0.15) is 6.54 Å². The summed E-state index contributed by atoms with van der Waals surface area (Å²) in [5, 5.41) is 7.29. The van der Waals surface area contributed by atoms with Gasteiger partial charge in [-0.1, -0.05) is 11.6 Å². The van der Waals surface area contributed by atoms with Gasteiger partial charge in [-0.05, 0) is 63.4 Å². The maximum Gasteiger partial charge on any atom is 0.267 e. The van der Waals surface area contributed by atoms with Crippen LogP contribution < -0.4 is 10.9 Å². The SMILES string of the molecule is O=C(Cn1nc2c(cc1=O)CCCC2)NCCC1=CCCCC1. The molecule has 5 nitrogen and oxygen atoms in total. The highest BCUT2D eigenvalue weighted by atomic mass is 16.2. The van der Waals surface area contributed by atoms with Crippen LogP contribution in [0.4, 0.5) is 0 Å². The standard InChI is InChI=1S/C18H25N3O2/c22-17(19-11-10-14-6-2-1-3-7-14)13-21-18(23)12-15-8-4-5-9-16(15)20-21/h6,12H,1-5,7-11,13H2,(H,19,22). The van der Waals surface area contributed by atoms with Crippen molar-refractivity contribution in [2.75, 3.05) is 6.54 Å². The van der Waals surface area contributed by atoms with Crippen LogP contribution in [-0.2, 0) is 24.2 Å². The molecule has 0 aromatic carbocycles. The Morgan fingerprint density at radius 3 is 2.83 bits per heavy atom. The molecule has 0 fully saturated rings. The minimum absolute atomic E-state index is 0.0190. The van der Waals surface area contributed by atoms with E-state index in [4.69, 9.17) is 0 Å². The fourth-order valence-electron chi connectivity index (χ4n) is 3.40. The van der Waals surface area contributed by atoms with E-state index in [0.29, 0.717) is 6.54 Å². The van der Waals surface area contributed by atoms with Crippen LogP contribution in [0.3, 0.4) is 0 Å². The molecule has 1 amide bonds. The van der Waals surface area contributed by atoms with E-state index in [-0.39, 0.29) is 18.0 Å². The normalized spacial score (nSPS) is 17.3. The second-order valence-electron chi connectivity index (χ2n) is 6.53. The number of aryl methyl sites for hydroxylation is 2. The smallest absolute Gasteiger partial charge is 0.267 e. The predicted molar refractivity (Wildman–Crippen MR) is 89.3 cm³/mol. The number of rotatable bonds is 5. The van der Waals surface area contributed by atoms with Crippen LogP contribution in [0.15, 0.2) is 22.5 Å².